The van der Waals surface area contributed by atoms with E-state index in [4.69, 9.17) is 4.74 Å². The molecule has 0 bridgehead atoms. The van der Waals surface area contributed by atoms with Gasteiger partial charge in [0.05, 0.1) is 18.1 Å². The molecule has 0 radical (unpaired) electrons. The molecule has 3 aromatic rings. The molecule has 8 nitrogen and oxygen atoms in total. The maximum Gasteiger partial charge on any atom is 0.332 e. The predicted molar refractivity (Wildman–Crippen MR) is 119 cm³/mol. The number of carbonyl (C=O) groups is 1. The molecule has 1 aliphatic heterocycles. The first-order chi connectivity index (χ1) is 14.8. The van der Waals surface area contributed by atoms with Crippen LogP contribution in [0.2, 0.25) is 0 Å². The van der Waals surface area contributed by atoms with Gasteiger partial charge in [0.15, 0.2) is 0 Å². The first-order valence-electron chi connectivity index (χ1n) is 10.4. The first-order valence-corrected chi connectivity index (χ1v) is 10.4. The molecule has 0 saturated carbocycles. The molecular formula is C23H26N4O4. The van der Waals surface area contributed by atoms with Crippen LogP contribution in [0.1, 0.15) is 36.2 Å². The molecule has 0 spiro atoms. The van der Waals surface area contributed by atoms with Crippen LogP contribution < -0.4 is 20.9 Å². The quantitative estimate of drug-likeness (QED) is 0.644. The van der Waals surface area contributed by atoms with Crippen molar-refractivity contribution >= 4 is 22.6 Å². The average Bonchev–Trinajstić information content (AvgIpc) is 2.78. The van der Waals surface area contributed by atoms with Crippen molar-refractivity contribution in [3.8, 4) is 5.75 Å². The number of ether oxygens (including phenoxy) is 1. The van der Waals surface area contributed by atoms with Crippen LogP contribution in [0.15, 0.2) is 40.1 Å². The molecule has 8 heteroatoms. The zero-order valence-electron chi connectivity index (χ0n) is 18.2. The Labute approximate surface area is 179 Å². The van der Waals surface area contributed by atoms with Crippen molar-refractivity contribution in [3.63, 3.8) is 0 Å². The van der Waals surface area contributed by atoms with E-state index in [1.165, 1.54) is 17.8 Å². The van der Waals surface area contributed by atoms with Crippen molar-refractivity contribution in [2.24, 2.45) is 13.0 Å². The molecule has 2 aromatic heterocycles. The highest BCUT2D eigenvalue weighted by Gasteiger charge is 2.25. The molecule has 0 atom stereocenters. The van der Waals surface area contributed by atoms with Gasteiger partial charge >= 0.3 is 5.69 Å². The molecule has 162 valence electrons. The maximum absolute atomic E-state index is 13.4. The van der Waals surface area contributed by atoms with Crippen LogP contribution in [0.5, 0.6) is 5.75 Å². The van der Waals surface area contributed by atoms with Gasteiger partial charge in [0.1, 0.15) is 11.4 Å². The number of anilines is 1. The van der Waals surface area contributed by atoms with Crippen LogP contribution in [-0.2, 0) is 20.0 Å². The summed E-state index contributed by atoms with van der Waals surface area (Å²) in [5, 5.41) is 0.264. The van der Waals surface area contributed by atoms with Crippen molar-refractivity contribution in [2.45, 2.75) is 33.2 Å². The van der Waals surface area contributed by atoms with Gasteiger partial charge in [-0.15, -0.1) is 0 Å². The van der Waals surface area contributed by atoms with E-state index in [2.05, 4.69) is 4.98 Å². The van der Waals surface area contributed by atoms with Crippen LogP contribution in [-0.4, -0.2) is 33.7 Å². The van der Waals surface area contributed by atoms with Gasteiger partial charge in [-0.25, -0.2) is 9.78 Å². The third-order valence-corrected chi connectivity index (χ3v) is 5.62. The lowest BCUT2D eigenvalue weighted by Crippen LogP contribution is -2.40. The van der Waals surface area contributed by atoms with E-state index in [9.17, 15) is 14.4 Å². The summed E-state index contributed by atoms with van der Waals surface area (Å²) in [6.07, 6.45) is 3.16. The van der Waals surface area contributed by atoms with E-state index in [0.717, 1.165) is 34.4 Å². The Morgan fingerprint density at radius 1 is 1.23 bits per heavy atom. The van der Waals surface area contributed by atoms with E-state index in [1.54, 1.807) is 18.1 Å². The summed E-state index contributed by atoms with van der Waals surface area (Å²) >= 11 is 0. The molecule has 1 aliphatic rings. The van der Waals surface area contributed by atoms with Gasteiger partial charge in [-0.05, 0) is 48.6 Å². The number of hydrogen-bond donors (Lipinski definition) is 0. The Bertz CT molecular complexity index is 1290. The standard InChI is InChI=1S/C23H26N4O4/c1-14(2)13-27-20-18(22(29)25(3)23(27)30)11-16(12-24-20)21(28)26-9-5-6-15-10-17(31-4)7-8-19(15)26/h7-8,10-12,14H,5-6,9,13H2,1-4H3. The number of aryl methyl sites for hydroxylation is 1. The number of benzene rings is 1. The van der Waals surface area contributed by atoms with E-state index in [0.29, 0.717) is 24.3 Å². The summed E-state index contributed by atoms with van der Waals surface area (Å²) in [7, 11) is 3.07. The van der Waals surface area contributed by atoms with E-state index < -0.39 is 11.2 Å². The number of nitrogens with zero attached hydrogens (tertiary/aromatic N) is 4. The lowest BCUT2D eigenvalue weighted by Gasteiger charge is -2.30. The summed E-state index contributed by atoms with van der Waals surface area (Å²) in [5.74, 6) is 0.736. The summed E-state index contributed by atoms with van der Waals surface area (Å²) in [6.45, 7) is 5.00. The third kappa shape index (κ3) is 3.62. The second-order valence-corrected chi connectivity index (χ2v) is 8.30. The minimum Gasteiger partial charge on any atom is -0.497 e. The fourth-order valence-corrected chi connectivity index (χ4v) is 4.08. The summed E-state index contributed by atoms with van der Waals surface area (Å²) in [5.41, 5.74) is 1.66. The van der Waals surface area contributed by atoms with Crippen molar-refractivity contribution in [3.05, 3.63) is 62.4 Å². The summed E-state index contributed by atoms with van der Waals surface area (Å²) < 4.78 is 7.87. The molecule has 0 N–H and O–H groups in total. The van der Waals surface area contributed by atoms with E-state index >= 15 is 0 Å². The molecule has 0 aliphatic carbocycles. The Balaban J connectivity index is 1.81. The van der Waals surface area contributed by atoms with Gasteiger partial charge < -0.3 is 9.64 Å². The second-order valence-electron chi connectivity index (χ2n) is 8.30. The van der Waals surface area contributed by atoms with Gasteiger partial charge in [0.2, 0.25) is 0 Å². The van der Waals surface area contributed by atoms with E-state index in [1.807, 2.05) is 32.0 Å². The van der Waals surface area contributed by atoms with Crippen LogP contribution in [0, 0.1) is 5.92 Å². The third-order valence-electron chi connectivity index (χ3n) is 5.62. The number of hydrogen-bond acceptors (Lipinski definition) is 5. The van der Waals surface area contributed by atoms with Crippen molar-refractivity contribution in [2.75, 3.05) is 18.6 Å². The highest BCUT2D eigenvalue weighted by atomic mass is 16.5. The van der Waals surface area contributed by atoms with Crippen LogP contribution in [0.3, 0.4) is 0 Å². The van der Waals surface area contributed by atoms with Crippen molar-refractivity contribution in [1.29, 1.82) is 0 Å². The molecule has 1 amide bonds. The van der Waals surface area contributed by atoms with Crippen LogP contribution in [0.25, 0.3) is 11.0 Å². The smallest absolute Gasteiger partial charge is 0.332 e. The molecule has 31 heavy (non-hydrogen) atoms. The largest absolute Gasteiger partial charge is 0.497 e. The molecule has 0 saturated heterocycles. The Morgan fingerprint density at radius 2 is 2.00 bits per heavy atom. The van der Waals surface area contributed by atoms with Gasteiger partial charge in [0.25, 0.3) is 11.5 Å². The van der Waals surface area contributed by atoms with Gasteiger partial charge in [0, 0.05) is 32.0 Å². The lowest BCUT2D eigenvalue weighted by atomic mass is 10.0. The minimum atomic E-state index is -0.453. The summed E-state index contributed by atoms with van der Waals surface area (Å²) in [6, 6.07) is 7.23. The topological polar surface area (TPSA) is 86.4 Å². The number of rotatable bonds is 4. The highest BCUT2D eigenvalue weighted by molar-refractivity contribution is 6.07. The normalized spacial score (nSPS) is 13.5. The van der Waals surface area contributed by atoms with Gasteiger partial charge in [-0.1, -0.05) is 13.8 Å². The van der Waals surface area contributed by atoms with Crippen molar-refractivity contribution < 1.29 is 9.53 Å². The lowest BCUT2D eigenvalue weighted by molar-refractivity contribution is 0.0985. The van der Waals surface area contributed by atoms with E-state index in [-0.39, 0.29) is 17.2 Å². The molecule has 1 aromatic carbocycles. The van der Waals surface area contributed by atoms with Crippen LogP contribution in [0.4, 0.5) is 5.69 Å². The van der Waals surface area contributed by atoms with Crippen molar-refractivity contribution in [1.82, 2.24) is 14.1 Å². The molecule has 0 fully saturated rings. The second kappa shape index (κ2) is 8.02. The average molecular weight is 422 g/mol. The number of amides is 1. The van der Waals surface area contributed by atoms with Gasteiger partial charge in [-0.3, -0.25) is 18.7 Å². The van der Waals surface area contributed by atoms with Gasteiger partial charge in [-0.2, -0.15) is 0 Å². The maximum atomic E-state index is 13.4. The Morgan fingerprint density at radius 3 is 2.71 bits per heavy atom. The first kappa shape index (κ1) is 20.8. The zero-order valence-corrected chi connectivity index (χ0v) is 18.2. The molecule has 3 heterocycles. The number of fused-ring (bicyclic) bond motifs is 2. The number of carbonyl (C=O) groups excluding carboxylic acids is 1. The summed E-state index contributed by atoms with van der Waals surface area (Å²) in [4.78, 5) is 44.8. The Kier molecular flexibility index (Phi) is 5.39. The number of methoxy groups -OCH3 is 1. The minimum absolute atomic E-state index is 0.198. The molecule has 4 rings (SSSR count). The monoisotopic (exact) mass is 422 g/mol. The van der Waals surface area contributed by atoms with Crippen LogP contribution >= 0.6 is 0 Å². The number of pyridine rings is 1. The number of aromatic nitrogens is 3. The SMILES string of the molecule is COc1ccc2c(c1)CCCN2C(=O)c1cnc2c(c1)c(=O)n(C)c(=O)n2CC(C)C. The molecule has 0 unspecified atom stereocenters. The zero-order chi connectivity index (χ0) is 22.3. The Hall–Kier alpha value is -3.42. The highest BCUT2D eigenvalue weighted by Crippen LogP contribution is 2.31. The molecular weight excluding hydrogens is 396 g/mol. The fourth-order valence-electron chi connectivity index (χ4n) is 4.08. The predicted octanol–water partition coefficient (Wildman–Crippen LogP) is 2.35. The fraction of sp³-hybridized carbons (Fsp3) is 0.391.